The van der Waals surface area contributed by atoms with Crippen molar-refractivity contribution >= 4 is 11.4 Å². The van der Waals surface area contributed by atoms with E-state index >= 15 is 0 Å². The highest BCUT2D eigenvalue weighted by Gasteiger charge is 2.23. The number of anilines is 1. The van der Waals surface area contributed by atoms with E-state index in [0.717, 1.165) is 22.5 Å². The Morgan fingerprint density at radius 3 is 2.72 bits per heavy atom. The van der Waals surface area contributed by atoms with Crippen LogP contribution in [0.1, 0.15) is 31.7 Å². The average molecular weight is 332 g/mol. The predicted molar refractivity (Wildman–Crippen MR) is 98.4 cm³/mol. The monoisotopic (exact) mass is 332 g/mol. The lowest BCUT2D eigenvalue weighted by molar-refractivity contribution is 0.814. The minimum Gasteiger partial charge on any atom is -0.382 e. The lowest BCUT2D eigenvalue weighted by Crippen LogP contribution is -2.09. The van der Waals surface area contributed by atoms with Gasteiger partial charge in [0.25, 0.3) is 5.95 Å². The molecular weight excluding hydrogens is 312 g/mol. The van der Waals surface area contributed by atoms with E-state index in [1.165, 1.54) is 12.8 Å². The molecule has 1 aliphatic rings. The molecule has 0 bridgehead atoms. The fraction of sp³-hybridized carbons (Fsp3) is 0.263. The Hall–Kier alpha value is -3.02. The zero-order valence-corrected chi connectivity index (χ0v) is 14.1. The van der Waals surface area contributed by atoms with Crippen LogP contribution in [0.25, 0.3) is 17.2 Å². The predicted octanol–water partition coefficient (Wildman–Crippen LogP) is 3.68. The molecule has 1 fully saturated rings. The molecule has 6 nitrogen and oxygen atoms in total. The SMILES string of the molecule is CCC(=N)c1ccc(-c2ccnn2-c2ncccn2)cc1NC1CC1. The van der Waals surface area contributed by atoms with Crippen molar-refractivity contribution in [1.82, 2.24) is 19.7 Å². The van der Waals surface area contributed by atoms with Gasteiger partial charge in [0.2, 0.25) is 0 Å². The fourth-order valence-electron chi connectivity index (χ4n) is 2.81. The van der Waals surface area contributed by atoms with Gasteiger partial charge in [0.15, 0.2) is 0 Å². The van der Waals surface area contributed by atoms with Crippen LogP contribution in [-0.2, 0) is 0 Å². The number of nitrogens with one attached hydrogen (secondary N) is 2. The summed E-state index contributed by atoms with van der Waals surface area (Å²) in [6.45, 7) is 2.01. The van der Waals surface area contributed by atoms with Gasteiger partial charge in [0.1, 0.15) is 0 Å². The Morgan fingerprint density at radius 1 is 1.20 bits per heavy atom. The number of hydrogen-bond acceptors (Lipinski definition) is 5. The molecule has 0 unspecified atom stereocenters. The lowest BCUT2D eigenvalue weighted by Gasteiger charge is -2.14. The van der Waals surface area contributed by atoms with Gasteiger partial charge >= 0.3 is 0 Å². The van der Waals surface area contributed by atoms with Crippen LogP contribution in [0, 0.1) is 5.41 Å². The van der Waals surface area contributed by atoms with E-state index in [1.807, 2.05) is 25.1 Å². The molecule has 2 N–H and O–H groups in total. The molecule has 6 heteroatoms. The largest absolute Gasteiger partial charge is 0.382 e. The first-order valence-corrected chi connectivity index (χ1v) is 8.56. The van der Waals surface area contributed by atoms with E-state index in [0.29, 0.717) is 24.1 Å². The maximum absolute atomic E-state index is 8.23. The molecule has 3 aromatic rings. The van der Waals surface area contributed by atoms with Gasteiger partial charge in [-0.3, -0.25) is 0 Å². The summed E-state index contributed by atoms with van der Waals surface area (Å²) in [5, 5.41) is 16.2. The molecule has 126 valence electrons. The zero-order chi connectivity index (χ0) is 17.2. The summed E-state index contributed by atoms with van der Waals surface area (Å²) in [6, 6.07) is 10.4. The van der Waals surface area contributed by atoms with Crippen LogP contribution in [0.2, 0.25) is 0 Å². The highest BCUT2D eigenvalue weighted by Crippen LogP contribution is 2.31. The summed E-state index contributed by atoms with van der Waals surface area (Å²) < 4.78 is 1.74. The van der Waals surface area contributed by atoms with Crippen LogP contribution in [0.15, 0.2) is 48.9 Å². The third-order valence-electron chi connectivity index (χ3n) is 4.32. The fourth-order valence-corrected chi connectivity index (χ4v) is 2.81. The van der Waals surface area contributed by atoms with Gasteiger partial charge in [0, 0.05) is 41.0 Å². The Labute approximate surface area is 146 Å². The van der Waals surface area contributed by atoms with Gasteiger partial charge in [-0.25, -0.2) is 9.97 Å². The number of benzene rings is 1. The quantitative estimate of drug-likeness (QED) is 0.675. The van der Waals surface area contributed by atoms with Gasteiger partial charge < -0.3 is 10.7 Å². The van der Waals surface area contributed by atoms with Gasteiger partial charge in [0.05, 0.1) is 11.9 Å². The molecule has 1 aliphatic carbocycles. The van der Waals surface area contributed by atoms with Gasteiger partial charge in [-0.1, -0.05) is 19.1 Å². The molecule has 0 aliphatic heterocycles. The van der Waals surface area contributed by atoms with Gasteiger partial charge in [-0.05, 0) is 37.5 Å². The second-order valence-electron chi connectivity index (χ2n) is 6.19. The lowest BCUT2D eigenvalue weighted by atomic mass is 10.0. The Morgan fingerprint density at radius 2 is 2.00 bits per heavy atom. The summed E-state index contributed by atoms with van der Waals surface area (Å²) >= 11 is 0. The molecule has 2 heterocycles. The molecule has 1 aromatic carbocycles. The normalized spacial score (nSPS) is 13.6. The first-order valence-electron chi connectivity index (χ1n) is 8.56. The van der Waals surface area contributed by atoms with Crippen LogP contribution in [0.5, 0.6) is 0 Å². The van der Waals surface area contributed by atoms with Crippen molar-refractivity contribution in [3.8, 4) is 17.2 Å². The smallest absolute Gasteiger partial charge is 0.251 e. The van der Waals surface area contributed by atoms with Crippen molar-refractivity contribution in [2.75, 3.05) is 5.32 Å². The summed E-state index contributed by atoms with van der Waals surface area (Å²) in [4.78, 5) is 8.57. The Bertz CT molecular complexity index is 895. The maximum atomic E-state index is 8.23. The van der Waals surface area contributed by atoms with Crippen LogP contribution >= 0.6 is 0 Å². The third-order valence-corrected chi connectivity index (χ3v) is 4.32. The first-order chi connectivity index (χ1) is 12.3. The first kappa shape index (κ1) is 15.5. The molecular formula is C19H20N6. The minimum atomic E-state index is 0.529. The summed E-state index contributed by atoms with van der Waals surface area (Å²) in [7, 11) is 0. The van der Waals surface area contributed by atoms with Crippen LogP contribution < -0.4 is 5.32 Å². The number of hydrogen-bond donors (Lipinski definition) is 2. The highest BCUT2D eigenvalue weighted by atomic mass is 15.3. The van der Waals surface area contributed by atoms with Crippen LogP contribution in [0.4, 0.5) is 5.69 Å². The Balaban J connectivity index is 1.76. The molecule has 25 heavy (non-hydrogen) atoms. The molecule has 0 atom stereocenters. The standard InChI is InChI=1S/C19H20N6/c1-2-16(20)15-7-4-13(12-17(15)24-14-5-6-14)18-8-11-23-25(18)19-21-9-3-10-22-19/h3-4,7-12,14,20,24H,2,5-6H2,1H3. The molecule has 2 aromatic heterocycles. The van der Waals surface area contributed by atoms with Gasteiger partial charge in [-0.2, -0.15) is 9.78 Å². The molecule has 4 rings (SSSR count). The highest BCUT2D eigenvalue weighted by molar-refractivity contribution is 6.03. The minimum absolute atomic E-state index is 0.529. The van der Waals surface area contributed by atoms with E-state index in [9.17, 15) is 0 Å². The second-order valence-corrected chi connectivity index (χ2v) is 6.19. The number of rotatable bonds is 6. The topological polar surface area (TPSA) is 79.5 Å². The third kappa shape index (κ3) is 3.15. The van der Waals surface area contributed by atoms with Crippen molar-refractivity contribution < 1.29 is 0 Å². The molecule has 0 amide bonds. The average Bonchev–Trinajstić information content (AvgIpc) is 3.33. The van der Waals surface area contributed by atoms with E-state index in [2.05, 4.69) is 26.4 Å². The van der Waals surface area contributed by atoms with E-state index in [-0.39, 0.29) is 0 Å². The van der Waals surface area contributed by atoms with Crippen molar-refractivity contribution in [2.24, 2.45) is 0 Å². The van der Waals surface area contributed by atoms with Crippen LogP contribution in [0.3, 0.4) is 0 Å². The maximum Gasteiger partial charge on any atom is 0.251 e. The number of nitrogens with zero attached hydrogens (tertiary/aromatic N) is 4. The summed E-state index contributed by atoms with van der Waals surface area (Å²) in [6.07, 6.45) is 8.27. The van der Waals surface area contributed by atoms with E-state index in [1.54, 1.807) is 29.3 Å². The zero-order valence-electron chi connectivity index (χ0n) is 14.1. The summed E-state index contributed by atoms with van der Waals surface area (Å²) in [5.41, 5.74) is 4.60. The molecule has 0 spiro atoms. The molecule has 0 radical (unpaired) electrons. The van der Waals surface area contributed by atoms with Crippen molar-refractivity contribution in [2.45, 2.75) is 32.2 Å². The van der Waals surface area contributed by atoms with Crippen LogP contribution in [-0.4, -0.2) is 31.5 Å². The summed E-state index contributed by atoms with van der Waals surface area (Å²) in [5.74, 6) is 0.546. The number of aromatic nitrogens is 4. The van der Waals surface area contributed by atoms with Crippen molar-refractivity contribution in [3.63, 3.8) is 0 Å². The second kappa shape index (κ2) is 6.47. The molecule has 0 saturated heterocycles. The molecule has 1 saturated carbocycles. The van der Waals surface area contributed by atoms with Crippen molar-refractivity contribution in [1.29, 1.82) is 5.41 Å². The van der Waals surface area contributed by atoms with Gasteiger partial charge in [-0.15, -0.1) is 0 Å². The van der Waals surface area contributed by atoms with E-state index in [4.69, 9.17) is 5.41 Å². The van der Waals surface area contributed by atoms with Crippen molar-refractivity contribution in [3.05, 3.63) is 54.5 Å². The Kier molecular flexibility index (Phi) is 4.01. The van der Waals surface area contributed by atoms with E-state index < -0.39 is 0 Å².